The maximum absolute atomic E-state index is 11.6. The minimum absolute atomic E-state index is 0.106. The number of H-pyrrole nitrogens is 1. The summed E-state index contributed by atoms with van der Waals surface area (Å²) >= 11 is 7.22. The van der Waals surface area contributed by atoms with Gasteiger partial charge in [0.1, 0.15) is 0 Å². The van der Waals surface area contributed by atoms with E-state index in [1.165, 1.54) is 11.8 Å². The molecule has 0 amide bonds. The number of rotatable bonds is 5. The average Bonchev–Trinajstić information content (AvgIpc) is 2.74. The Kier molecular flexibility index (Phi) is 4.68. The lowest BCUT2D eigenvalue weighted by Crippen LogP contribution is -2.17. The highest BCUT2D eigenvalue weighted by molar-refractivity contribution is 7.99. The lowest BCUT2D eigenvalue weighted by atomic mass is 10.2. The van der Waals surface area contributed by atoms with Crippen molar-refractivity contribution in [2.24, 2.45) is 0 Å². The van der Waals surface area contributed by atoms with Crippen LogP contribution in [0.3, 0.4) is 0 Å². The first-order valence-corrected chi connectivity index (χ1v) is 7.07. The van der Waals surface area contributed by atoms with Gasteiger partial charge in [-0.3, -0.25) is 4.57 Å². The molecule has 19 heavy (non-hydrogen) atoms. The maximum atomic E-state index is 11.6. The van der Waals surface area contributed by atoms with Gasteiger partial charge < -0.3 is 5.11 Å². The van der Waals surface area contributed by atoms with Crippen molar-refractivity contribution < 1.29 is 5.11 Å². The Hall–Kier alpha value is -1.24. The summed E-state index contributed by atoms with van der Waals surface area (Å²) in [6, 6.07) is 5.27. The normalized spacial score (nSPS) is 10.9. The molecule has 102 valence electrons. The van der Waals surface area contributed by atoms with Crippen molar-refractivity contribution in [1.82, 2.24) is 14.8 Å². The number of hydrogen-bond donors (Lipinski definition) is 2. The molecule has 1 aromatic carbocycles. The van der Waals surface area contributed by atoms with E-state index in [1.54, 1.807) is 16.7 Å². The molecule has 0 atom stereocenters. The van der Waals surface area contributed by atoms with Gasteiger partial charge in [0, 0.05) is 16.5 Å². The zero-order valence-corrected chi connectivity index (χ0v) is 12.0. The van der Waals surface area contributed by atoms with E-state index in [9.17, 15) is 9.90 Å². The molecule has 0 aliphatic carbocycles. The van der Waals surface area contributed by atoms with Crippen LogP contribution in [0.25, 0.3) is 0 Å². The summed E-state index contributed by atoms with van der Waals surface area (Å²) in [4.78, 5) is 12.4. The molecule has 7 heteroatoms. The molecule has 0 saturated carbocycles. The Balaban J connectivity index is 2.33. The van der Waals surface area contributed by atoms with Gasteiger partial charge in [0.2, 0.25) is 0 Å². The first-order chi connectivity index (χ1) is 9.15. The van der Waals surface area contributed by atoms with Gasteiger partial charge in [-0.1, -0.05) is 18.5 Å². The summed E-state index contributed by atoms with van der Waals surface area (Å²) in [6.07, 6.45) is 0.848. The summed E-state index contributed by atoms with van der Waals surface area (Å²) in [5.74, 6) is 0. The van der Waals surface area contributed by atoms with E-state index in [0.29, 0.717) is 16.7 Å². The molecule has 0 bridgehead atoms. The minimum atomic E-state index is -0.219. The van der Waals surface area contributed by atoms with Gasteiger partial charge in [-0.15, -0.1) is 5.10 Å². The highest BCUT2D eigenvalue weighted by Gasteiger charge is 2.12. The predicted molar refractivity (Wildman–Crippen MR) is 74.6 cm³/mol. The minimum Gasteiger partial charge on any atom is -0.392 e. The number of nitrogens with zero attached hydrogens (tertiary/aromatic N) is 2. The maximum Gasteiger partial charge on any atom is 0.343 e. The summed E-state index contributed by atoms with van der Waals surface area (Å²) in [5.41, 5.74) is 0.500. The van der Waals surface area contributed by atoms with Crippen molar-refractivity contribution >= 4 is 23.4 Å². The lowest BCUT2D eigenvalue weighted by molar-refractivity contribution is 0.279. The molecule has 0 aliphatic rings. The molecule has 2 rings (SSSR count). The molecule has 2 aromatic rings. The van der Waals surface area contributed by atoms with E-state index in [-0.39, 0.29) is 12.3 Å². The third kappa shape index (κ3) is 3.20. The summed E-state index contributed by atoms with van der Waals surface area (Å²) in [7, 11) is 0. The Morgan fingerprint density at radius 2 is 2.32 bits per heavy atom. The van der Waals surface area contributed by atoms with E-state index in [2.05, 4.69) is 10.2 Å². The number of aromatic nitrogens is 3. The fourth-order valence-electron chi connectivity index (χ4n) is 1.67. The molecular weight excluding hydrogens is 286 g/mol. The zero-order chi connectivity index (χ0) is 13.8. The van der Waals surface area contributed by atoms with E-state index in [1.807, 2.05) is 13.0 Å². The van der Waals surface area contributed by atoms with Crippen molar-refractivity contribution in [3.63, 3.8) is 0 Å². The van der Waals surface area contributed by atoms with Gasteiger partial charge in [0.05, 0.1) is 6.61 Å². The van der Waals surface area contributed by atoms with E-state index in [4.69, 9.17) is 11.6 Å². The standard InChI is InChI=1S/C12H14ClN3O2S/c1-2-5-16-11(18)14-15-12(16)19-10-4-3-9(13)6-8(10)7-17/h3-4,6,17H,2,5,7H2,1H3,(H,14,18). The van der Waals surface area contributed by atoms with Gasteiger partial charge in [0.25, 0.3) is 0 Å². The van der Waals surface area contributed by atoms with Crippen LogP contribution in [0.1, 0.15) is 18.9 Å². The Labute approximate surface area is 119 Å². The summed E-state index contributed by atoms with van der Waals surface area (Å²) in [6.45, 7) is 2.50. The number of nitrogens with one attached hydrogen (secondary N) is 1. The highest BCUT2D eigenvalue weighted by atomic mass is 35.5. The third-order valence-electron chi connectivity index (χ3n) is 2.56. The van der Waals surface area contributed by atoms with E-state index in [0.717, 1.165) is 16.9 Å². The number of hydrogen-bond acceptors (Lipinski definition) is 4. The quantitative estimate of drug-likeness (QED) is 0.888. The molecule has 2 N–H and O–H groups in total. The van der Waals surface area contributed by atoms with Crippen molar-refractivity contribution in [3.8, 4) is 0 Å². The summed E-state index contributed by atoms with van der Waals surface area (Å²) < 4.78 is 1.58. The summed E-state index contributed by atoms with van der Waals surface area (Å²) in [5, 5.41) is 16.9. The van der Waals surface area contributed by atoms with Crippen molar-refractivity contribution in [2.45, 2.75) is 36.5 Å². The first-order valence-electron chi connectivity index (χ1n) is 5.88. The molecule has 1 aromatic heterocycles. The number of aliphatic hydroxyl groups excluding tert-OH is 1. The largest absolute Gasteiger partial charge is 0.392 e. The van der Waals surface area contributed by atoms with Crippen LogP contribution in [0.4, 0.5) is 0 Å². The van der Waals surface area contributed by atoms with Gasteiger partial charge in [-0.05, 0) is 41.9 Å². The fourth-order valence-corrected chi connectivity index (χ4v) is 2.83. The Morgan fingerprint density at radius 3 is 3.00 bits per heavy atom. The van der Waals surface area contributed by atoms with Gasteiger partial charge in [0.15, 0.2) is 5.16 Å². The highest BCUT2D eigenvalue weighted by Crippen LogP contribution is 2.30. The number of benzene rings is 1. The van der Waals surface area contributed by atoms with Gasteiger partial charge in [-0.2, -0.15) is 0 Å². The van der Waals surface area contributed by atoms with Crippen molar-refractivity contribution in [2.75, 3.05) is 0 Å². The van der Waals surface area contributed by atoms with E-state index < -0.39 is 0 Å². The Morgan fingerprint density at radius 1 is 1.53 bits per heavy atom. The number of aliphatic hydroxyl groups is 1. The number of halogens is 1. The monoisotopic (exact) mass is 299 g/mol. The van der Waals surface area contributed by atoms with Gasteiger partial charge in [-0.25, -0.2) is 9.89 Å². The van der Waals surface area contributed by atoms with Crippen molar-refractivity contribution in [3.05, 3.63) is 39.3 Å². The molecule has 0 fully saturated rings. The molecule has 0 saturated heterocycles. The second-order valence-electron chi connectivity index (χ2n) is 3.98. The van der Waals surface area contributed by atoms with Gasteiger partial charge >= 0.3 is 5.69 Å². The third-order valence-corrected chi connectivity index (χ3v) is 3.91. The molecule has 5 nitrogen and oxygen atoms in total. The van der Waals surface area contributed by atoms with Crippen LogP contribution in [0.5, 0.6) is 0 Å². The van der Waals surface area contributed by atoms with Crippen LogP contribution in [-0.4, -0.2) is 19.9 Å². The SMILES string of the molecule is CCCn1c(Sc2ccc(Cl)cc2CO)n[nH]c1=O. The first kappa shape index (κ1) is 14.2. The molecule has 0 unspecified atom stereocenters. The van der Waals surface area contributed by atoms with Crippen LogP contribution >= 0.6 is 23.4 Å². The smallest absolute Gasteiger partial charge is 0.343 e. The fraction of sp³-hybridized carbons (Fsp3) is 0.333. The topological polar surface area (TPSA) is 70.9 Å². The van der Waals surface area contributed by atoms with Crippen LogP contribution in [0, 0.1) is 0 Å². The average molecular weight is 300 g/mol. The van der Waals surface area contributed by atoms with Crippen LogP contribution in [-0.2, 0) is 13.2 Å². The van der Waals surface area contributed by atoms with Crippen LogP contribution in [0.15, 0.2) is 33.0 Å². The molecule has 0 radical (unpaired) electrons. The molecule has 1 heterocycles. The predicted octanol–water partition coefficient (Wildman–Crippen LogP) is 2.28. The van der Waals surface area contributed by atoms with Crippen LogP contribution in [0.2, 0.25) is 5.02 Å². The van der Waals surface area contributed by atoms with Crippen molar-refractivity contribution in [1.29, 1.82) is 0 Å². The molecule has 0 spiro atoms. The zero-order valence-electron chi connectivity index (χ0n) is 10.4. The van der Waals surface area contributed by atoms with E-state index >= 15 is 0 Å². The molecule has 0 aliphatic heterocycles. The number of aromatic amines is 1. The lowest BCUT2D eigenvalue weighted by Gasteiger charge is -2.07. The second-order valence-corrected chi connectivity index (χ2v) is 5.42. The van der Waals surface area contributed by atoms with Crippen LogP contribution < -0.4 is 5.69 Å². The second kappa shape index (κ2) is 6.27. The Bertz CT molecular complexity index is 624. The molecular formula is C12H14ClN3O2S.